The van der Waals surface area contributed by atoms with Gasteiger partial charge in [-0.2, -0.15) is 0 Å². The molecule has 154 valence electrons. The van der Waals surface area contributed by atoms with E-state index in [0.717, 1.165) is 5.56 Å². The van der Waals surface area contributed by atoms with Crippen LogP contribution in [0.4, 0.5) is 4.39 Å². The molecule has 3 aromatic rings. The lowest BCUT2D eigenvalue weighted by Crippen LogP contribution is -2.31. The van der Waals surface area contributed by atoms with E-state index in [9.17, 15) is 4.39 Å². The van der Waals surface area contributed by atoms with Crippen LogP contribution in [0, 0.1) is 17.7 Å². The Kier molecular flexibility index (Phi) is 4.26. The van der Waals surface area contributed by atoms with Crippen molar-refractivity contribution in [3.8, 4) is 40.3 Å². The second-order valence-corrected chi connectivity index (χ2v) is 7.06. The summed E-state index contributed by atoms with van der Waals surface area (Å²) >= 11 is 0. The molecule has 1 atom stereocenters. The van der Waals surface area contributed by atoms with Crippen LogP contribution in [-0.4, -0.2) is 29.7 Å². The highest BCUT2D eigenvalue weighted by Gasteiger charge is 2.48. The maximum Gasteiger partial charge on any atom is 0.283 e. The zero-order valence-electron chi connectivity index (χ0n) is 16.8. The standard InChI is InChI=1S/C23H17FN4O3/c1-3-4-14-10-26-11-19(27-14)13-5-6-20-16(7-13)23(12-30-22(25)28-23)17-8-15(29-2)9-18(24)21(17)31-20/h5-11H,12H2,1-2H3,(H2,25,28). The van der Waals surface area contributed by atoms with Gasteiger partial charge < -0.3 is 19.9 Å². The third kappa shape index (κ3) is 2.94. The van der Waals surface area contributed by atoms with Crippen molar-refractivity contribution in [3.05, 3.63) is 65.4 Å². The van der Waals surface area contributed by atoms with E-state index >= 15 is 0 Å². The molecule has 7 nitrogen and oxygen atoms in total. The molecule has 31 heavy (non-hydrogen) atoms. The lowest BCUT2D eigenvalue weighted by Gasteiger charge is -2.34. The van der Waals surface area contributed by atoms with E-state index in [1.807, 2.05) is 12.1 Å². The lowest BCUT2D eigenvalue weighted by atomic mass is 9.80. The summed E-state index contributed by atoms with van der Waals surface area (Å²) in [7, 11) is 1.47. The molecule has 0 radical (unpaired) electrons. The first-order chi connectivity index (χ1) is 15.0. The van der Waals surface area contributed by atoms with Crippen LogP contribution in [0.25, 0.3) is 11.3 Å². The molecule has 3 heterocycles. The molecular weight excluding hydrogens is 399 g/mol. The van der Waals surface area contributed by atoms with Crippen LogP contribution in [-0.2, 0) is 10.3 Å². The van der Waals surface area contributed by atoms with Gasteiger partial charge in [-0.25, -0.2) is 14.4 Å². The minimum atomic E-state index is -1.08. The van der Waals surface area contributed by atoms with Crippen LogP contribution < -0.4 is 15.2 Å². The Balaban J connectivity index is 1.72. The largest absolute Gasteiger partial charge is 0.497 e. The molecule has 0 amide bonds. The zero-order valence-corrected chi connectivity index (χ0v) is 16.8. The number of benzene rings is 2. The number of nitrogens with zero attached hydrogens (tertiary/aromatic N) is 3. The first kappa shape index (κ1) is 18.9. The highest BCUT2D eigenvalue weighted by molar-refractivity contribution is 5.78. The van der Waals surface area contributed by atoms with Gasteiger partial charge in [-0.1, -0.05) is 5.92 Å². The monoisotopic (exact) mass is 416 g/mol. The van der Waals surface area contributed by atoms with Crippen LogP contribution in [0.1, 0.15) is 23.7 Å². The molecule has 1 aromatic heterocycles. The Bertz CT molecular complexity index is 1310. The van der Waals surface area contributed by atoms with Crippen molar-refractivity contribution in [2.24, 2.45) is 10.7 Å². The van der Waals surface area contributed by atoms with Gasteiger partial charge >= 0.3 is 0 Å². The number of hydrogen-bond donors (Lipinski definition) is 1. The third-order valence-corrected chi connectivity index (χ3v) is 5.25. The maximum atomic E-state index is 14.9. The fourth-order valence-electron chi connectivity index (χ4n) is 3.85. The highest BCUT2D eigenvalue weighted by Crippen LogP contribution is 2.53. The second kappa shape index (κ2) is 6.99. The Morgan fingerprint density at radius 2 is 2.06 bits per heavy atom. The molecule has 0 fully saturated rings. The van der Waals surface area contributed by atoms with Crippen molar-refractivity contribution < 1.29 is 18.6 Å². The van der Waals surface area contributed by atoms with Crippen LogP contribution in [0.15, 0.2) is 47.7 Å². The van der Waals surface area contributed by atoms with Crippen molar-refractivity contribution in [2.45, 2.75) is 12.5 Å². The van der Waals surface area contributed by atoms with Crippen LogP contribution in [0.5, 0.6) is 17.2 Å². The molecule has 2 aliphatic heterocycles. The normalized spacial score (nSPS) is 18.1. The number of aromatic nitrogens is 2. The minimum absolute atomic E-state index is 0.0208. The van der Waals surface area contributed by atoms with E-state index in [0.29, 0.717) is 34.0 Å². The molecule has 2 aliphatic rings. The summed E-state index contributed by atoms with van der Waals surface area (Å²) in [6.45, 7) is 1.84. The Hall–Kier alpha value is -4.12. The number of hydrogen-bond acceptors (Lipinski definition) is 7. The van der Waals surface area contributed by atoms with Gasteiger partial charge in [0, 0.05) is 22.8 Å². The van der Waals surface area contributed by atoms with Gasteiger partial charge in [-0.3, -0.25) is 4.98 Å². The summed E-state index contributed by atoms with van der Waals surface area (Å²) in [5.41, 5.74) is 7.95. The van der Waals surface area contributed by atoms with Crippen molar-refractivity contribution >= 4 is 6.02 Å². The SMILES string of the molecule is CC#Cc1cncc(-c2ccc3c(c2)C2(COC(N)=N2)c2cc(OC)cc(F)c2O3)n1. The smallest absolute Gasteiger partial charge is 0.283 e. The molecule has 0 saturated carbocycles. The molecule has 1 spiro atoms. The molecule has 8 heteroatoms. The number of ether oxygens (including phenoxy) is 3. The first-order valence-electron chi connectivity index (χ1n) is 9.48. The fraction of sp³-hybridized carbons (Fsp3) is 0.174. The molecule has 1 unspecified atom stereocenters. The van der Waals surface area contributed by atoms with Crippen molar-refractivity contribution in [1.82, 2.24) is 9.97 Å². The number of fused-ring (bicyclic) bond motifs is 4. The van der Waals surface area contributed by atoms with Gasteiger partial charge in [0.2, 0.25) is 0 Å². The van der Waals surface area contributed by atoms with Crippen molar-refractivity contribution in [3.63, 3.8) is 0 Å². The molecule has 0 aliphatic carbocycles. The molecular formula is C23H17FN4O3. The lowest BCUT2D eigenvalue weighted by molar-refractivity contribution is 0.261. The predicted molar refractivity (Wildman–Crippen MR) is 111 cm³/mol. The summed E-state index contributed by atoms with van der Waals surface area (Å²) in [6.07, 6.45) is 3.25. The van der Waals surface area contributed by atoms with E-state index < -0.39 is 11.4 Å². The maximum absolute atomic E-state index is 14.9. The van der Waals surface area contributed by atoms with E-state index in [4.69, 9.17) is 19.9 Å². The molecule has 2 aromatic carbocycles. The Morgan fingerprint density at radius 1 is 1.19 bits per heavy atom. The van der Waals surface area contributed by atoms with Gasteiger partial charge in [0.15, 0.2) is 17.1 Å². The van der Waals surface area contributed by atoms with Gasteiger partial charge in [-0.05, 0) is 37.1 Å². The van der Waals surface area contributed by atoms with Gasteiger partial charge in [-0.15, -0.1) is 0 Å². The summed E-state index contributed by atoms with van der Waals surface area (Å²) < 4.78 is 31.6. The Morgan fingerprint density at radius 3 is 2.81 bits per heavy atom. The quantitative estimate of drug-likeness (QED) is 0.644. The first-order valence-corrected chi connectivity index (χ1v) is 9.48. The number of methoxy groups -OCH3 is 1. The summed E-state index contributed by atoms with van der Waals surface area (Å²) in [6, 6.07) is 8.44. The number of aliphatic imine (C=N–C) groups is 1. The Labute approximate surface area is 177 Å². The number of amidine groups is 1. The average Bonchev–Trinajstić information content (AvgIpc) is 3.17. The van der Waals surface area contributed by atoms with E-state index in [-0.39, 0.29) is 18.4 Å². The molecule has 0 saturated heterocycles. The number of halogens is 1. The van der Waals surface area contributed by atoms with Crippen molar-refractivity contribution in [2.75, 3.05) is 13.7 Å². The fourth-order valence-corrected chi connectivity index (χ4v) is 3.85. The zero-order chi connectivity index (χ0) is 21.6. The number of rotatable bonds is 2. The average molecular weight is 416 g/mol. The number of nitrogens with two attached hydrogens (primary N) is 1. The predicted octanol–water partition coefficient (Wildman–Crippen LogP) is 3.36. The van der Waals surface area contributed by atoms with E-state index in [1.165, 1.54) is 13.2 Å². The van der Waals surface area contributed by atoms with Crippen LogP contribution >= 0.6 is 0 Å². The van der Waals surface area contributed by atoms with Gasteiger partial charge in [0.1, 0.15) is 23.8 Å². The summed E-state index contributed by atoms with van der Waals surface area (Å²) in [4.78, 5) is 13.3. The topological polar surface area (TPSA) is 91.9 Å². The van der Waals surface area contributed by atoms with Crippen LogP contribution in [0.3, 0.4) is 0 Å². The highest BCUT2D eigenvalue weighted by atomic mass is 19.1. The molecule has 5 rings (SSSR count). The summed E-state index contributed by atoms with van der Waals surface area (Å²) in [5, 5.41) is 0. The third-order valence-electron chi connectivity index (χ3n) is 5.25. The van der Waals surface area contributed by atoms with E-state index in [2.05, 4.69) is 26.8 Å². The van der Waals surface area contributed by atoms with E-state index in [1.54, 1.807) is 31.5 Å². The van der Waals surface area contributed by atoms with Crippen LogP contribution in [0.2, 0.25) is 0 Å². The minimum Gasteiger partial charge on any atom is -0.497 e. The van der Waals surface area contributed by atoms with Gasteiger partial charge in [0.25, 0.3) is 6.02 Å². The molecule has 2 N–H and O–H groups in total. The van der Waals surface area contributed by atoms with Gasteiger partial charge in [0.05, 0.1) is 25.2 Å². The van der Waals surface area contributed by atoms with Crippen molar-refractivity contribution in [1.29, 1.82) is 0 Å². The molecule has 0 bridgehead atoms. The second-order valence-electron chi connectivity index (χ2n) is 7.06. The summed E-state index contributed by atoms with van der Waals surface area (Å²) in [5.74, 6) is 6.04.